The minimum Gasteiger partial charge on any atom is -0.369 e. The number of sulfonamides is 2. The first-order valence-electron chi connectivity index (χ1n) is 26.4. The summed E-state index contributed by atoms with van der Waals surface area (Å²) in [4.78, 5) is 33.6. The van der Waals surface area contributed by atoms with Crippen LogP contribution in [0.2, 0.25) is 0 Å². The highest BCUT2D eigenvalue weighted by Crippen LogP contribution is 2.28. The first-order valence-corrected chi connectivity index (χ1v) is 30.1. The zero-order valence-electron chi connectivity index (χ0n) is 45.4. The van der Waals surface area contributed by atoms with Gasteiger partial charge in [-0.3, -0.25) is 13.5 Å². The number of rotatable bonds is 18. The van der Waals surface area contributed by atoms with Crippen molar-refractivity contribution in [3.8, 4) is 0 Å². The van der Waals surface area contributed by atoms with Crippen LogP contribution in [0.4, 0.5) is 55.1 Å². The molecule has 2 unspecified atom stereocenters. The molecule has 3 aromatic carbocycles. The molecule has 2 saturated heterocycles. The number of benzene rings is 3. The molecule has 11 rings (SSSR count). The van der Waals surface area contributed by atoms with E-state index in [1.807, 2.05) is 113 Å². The summed E-state index contributed by atoms with van der Waals surface area (Å²) >= 11 is 0. The van der Waals surface area contributed by atoms with Gasteiger partial charge in [0.2, 0.25) is 31.9 Å². The van der Waals surface area contributed by atoms with E-state index < -0.39 is 20.0 Å². The summed E-state index contributed by atoms with van der Waals surface area (Å²) < 4.78 is 81.9. The maximum Gasteiger partial charge on any atom is 0.233 e. The van der Waals surface area contributed by atoms with Crippen molar-refractivity contribution >= 4 is 88.4 Å². The first-order chi connectivity index (χ1) is 39.1. The SMILES string of the molecule is CN(c1ncccc1Cn1ccc2cnc(Nc3ccc(N4CCN(Cc5ccccc5)C(CF)C4)cc3)nc21)S(C)(=O)=O.CN(c1ncccc1Cn1ccc2cnc(Nc3ccc(N4CCNC(CF)C4)cc3)nc21)S(C)(=O)=O. The van der Waals surface area contributed by atoms with E-state index in [2.05, 4.69) is 62.7 Å². The summed E-state index contributed by atoms with van der Waals surface area (Å²) in [7, 11) is -3.93. The van der Waals surface area contributed by atoms with Gasteiger partial charge in [-0.2, -0.15) is 9.97 Å². The normalized spacial score (nSPS) is 16.0. The van der Waals surface area contributed by atoms with Crippen molar-refractivity contribution in [2.45, 2.75) is 31.7 Å². The van der Waals surface area contributed by atoms with Crippen molar-refractivity contribution in [1.29, 1.82) is 0 Å². The zero-order valence-corrected chi connectivity index (χ0v) is 47.0. The fourth-order valence-electron chi connectivity index (χ4n) is 9.91. The van der Waals surface area contributed by atoms with E-state index in [1.54, 1.807) is 36.9 Å². The third-order valence-corrected chi connectivity index (χ3v) is 16.8. The van der Waals surface area contributed by atoms with Crippen molar-refractivity contribution in [2.75, 3.05) is 108 Å². The molecule has 9 aromatic rings. The van der Waals surface area contributed by atoms with Crippen LogP contribution in [0, 0.1) is 0 Å². The number of hydrogen-bond acceptors (Lipinski definition) is 16. The van der Waals surface area contributed by atoms with Crippen LogP contribution in [0.25, 0.3) is 22.1 Å². The molecular formula is C57H64F2N16O4S2. The van der Waals surface area contributed by atoms with Crippen molar-refractivity contribution in [1.82, 2.24) is 49.3 Å². The Kier molecular flexibility index (Phi) is 17.0. The molecule has 0 spiro atoms. The Bertz CT molecular complexity index is 3820. The third kappa shape index (κ3) is 13.5. The Balaban J connectivity index is 0.000000185. The number of halogens is 2. The highest BCUT2D eigenvalue weighted by Gasteiger charge is 2.28. The summed E-state index contributed by atoms with van der Waals surface area (Å²) in [5.74, 6) is 1.64. The lowest BCUT2D eigenvalue weighted by Gasteiger charge is -2.41. The Morgan fingerprint density at radius 1 is 0.580 bits per heavy atom. The quantitative estimate of drug-likeness (QED) is 0.0763. The Morgan fingerprint density at radius 2 is 1.09 bits per heavy atom. The number of nitrogens with one attached hydrogen (secondary N) is 3. The van der Waals surface area contributed by atoms with Crippen LogP contribution < -0.4 is 34.4 Å². The molecule has 2 atom stereocenters. The molecule has 20 nitrogen and oxygen atoms in total. The first kappa shape index (κ1) is 56.0. The minimum absolute atomic E-state index is 0.141. The number of nitrogens with zero attached hydrogens (tertiary/aromatic N) is 13. The molecule has 422 valence electrons. The van der Waals surface area contributed by atoms with Crippen molar-refractivity contribution < 1.29 is 25.6 Å². The van der Waals surface area contributed by atoms with Crippen LogP contribution in [0.1, 0.15) is 16.7 Å². The molecule has 0 aliphatic carbocycles. The van der Waals surface area contributed by atoms with Crippen LogP contribution in [0.3, 0.4) is 0 Å². The van der Waals surface area contributed by atoms with Gasteiger partial charge in [-0.05, 0) is 78.4 Å². The summed E-state index contributed by atoms with van der Waals surface area (Å²) in [6, 6.07) is 37.0. The van der Waals surface area contributed by atoms with Crippen LogP contribution in [-0.4, -0.2) is 152 Å². The van der Waals surface area contributed by atoms with Gasteiger partial charge in [-0.15, -0.1) is 0 Å². The van der Waals surface area contributed by atoms with E-state index >= 15 is 0 Å². The second-order valence-corrected chi connectivity index (χ2v) is 24.1. The summed E-state index contributed by atoms with van der Waals surface area (Å²) in [6.07, 6.45) is 12.8. The molecule has 2 aliphatic rings. The summed E-state index contributed by atoms with van der Waals surface area (Å²) in [5.41, 5.74) is 7.88. The van der Waals surface area contributed by atoms with Gasteiger partial charge in [0.25, 0.3) is 0 Å². The Labute approximate surface area is 470 Å². The van der Waals surface area contributed by atoms with Gasteiger partial charge in [-0.25, -0.2) is 45.6 Å². The minimum atomic E-state index is -3.47. The largest absolute Gasteiger partial charge is 0.369 e. The van der Waals surface area contributed by atoms with E-state index in [4.69, 9.17) is 9.97 Å². The number of piperazine rings is 2. The van der Waals surface area contributed by atoms with Crippen LogP contribution in [0.15, 0.2) is 152 Å². The molecule has 0 saturated carbocycles. The average molecular weight is 1140 g/mol. The number of fused-ring (bicyclic) bond motifs is 2. The zero-order chi connectivity index (χ0) is 56.7. The molecule has 2 aliphatic heterocycles. The smallest absolute Gasteiger partial charge is 0.233 e. The standard InChI is InChI=1S/C32H35FN8O2S.C25H29FN8O2S/c1-38(44(2,42)43)30-26(9-6-15-34-30)22-41-16-14-25-20-35-32(37-31(25)41)36-27-10-12-28(13-11-27)40-18-17-39(29(19-33)23-40)21-24-7-4-3-5-8-24;1-32(37(2,35)36)23-19(4-3-10-28-23)16-34-12-9-18-15-29-25(31-24(18)34)30-20-5-7-22(8-6-20)33-13-11-27-21(14-26)17-33/h3-16,20,29H,17-19,21-23H2,1-2H3,(H,35,36,37);3-10,12,15,21,27H,11,13-14,16-17H2,1-2H3,(H,29,30,31). The molecule has 8 heterocycles. The molecule has 6 aromatic heterocycles. The maximum atomic E-state index is 14.0. The van der Waals surface area contributed by atoms with Gasteiger partial charge in [-0.1, -0.05) is 42.5 Å². The van der Waals surface area contributed by atoms with Gasteiger partial charge < -0.3 is 34.9 Å². The highest BCUT2D eigenvalue weighted by molar-refractivity contribution is 7.92. The fraction of sp³-hybridized carbons (Fsp3) is 0.298. The Hall–Kier alpha value is -8.32. The van der Waals surface area contributed by atoms with E-state index in [1.165, 1.54) is 28.3 Å². The van der Waals surface area contributed by atoms with Crippen molar-refractivity contribution in [3.05, 3.63) is 169 Å². The molecule has 81 heavy (non-hydrogen) atoms. The van der Waals surface area contributed by atoms with E-state index in [9.17, 15) is 25.6 Å². The van der Waals surface area contributed by atoms with E-state index in [0.717, 1.165) is 89.9 Å². The molecule has 0 radical (unpaired) electrons. The number of pyridine rings is 2. The predicted octanol–water partition coefficient (Wildman–Crippen LogP) is 7.44. The maximum absolute atomic E-state index is 14.0. The molecule has 2 fully saturated rings. The lowest BCUT2D eigenvalue weighted by Crippen LogP contribution is -2.53. The second kappa shape index (κ2) is 24.6. The van der Waals surface area contributed by atoms with Crippen molar-refractivity contribution in [2.24, 2.45) is 0 Å². The van der Waals surface area contributed by atoms with Gasteiger partial charge in [0.1, 0.15) is 36.3 Å². The number of aromatic nitrogens is 8. The number of hydrogen-bond donors (Lipinski definition) is 3. The second-order valence-electron chi connectivity index (χ2n) is 20.1. The number of anilines is 8. The van der Waals surface area contributed by atoms with Gasteiger partial charge >= 0.3 is 0 Å². The topological polar surface area (TPSA) is 208 Å². The lowest BCUT2D eigenvalue weighted by molar-refractivity contribution is 0.141. The molecule has 24 heteroatoms. The molecule has 0 amide bonds. The molecular weight excluding hydrogens is 1070 g/mol. The third-order valence-electron chi connectivity index (χ3n) is 14.4. The van der Waals surface area contributed by atoms with Gasteiger partial charge in [0.05, 0.1) is 37.7 Å². The summed E-state index contributed by atoms with van der Waals surface area (Å²) in [6.45, 7) is 5.23. The van der Waals surface area contributed by atoms with Crippen molar-refractivity contribution in [3.63, 3.8) is 0 Å². The molecule has 0 bridgehead atoms. The van der Waals surface area contributed by atoms with E-state index in [-0.39, 0.29) is 25.4 Å². The predicted molar refractivity (Wildman–Crippen MR) is 316 cm³/mol. The molecule has 3 N–H and O–H groups in total. The summed E-state index contributed by atoms with van der Waals surface area (Å²) in [5, 5.41) is 11.4. The van der Waals surface area contributed by atoms with Crippen LogP contribution in [0.5, 0.6) is 0 Å². The fourth-order valence-corrected chi connectivity index (χ4v) is 10.9. The lowest BCUT2D eigenvalue weighted by atomic mass is 10.1. The van der Waals surface area contributed by atoms with Crippen LogP contribution in [-0.2, 0) is 39.7 Å². The number of alkyl halides is 2. The monoisotopic (exact) mass is 1140 g/mol. The van der Waals surface area contributed by atoms with E-state index in [0.29, 0.717) is 61.0 Å². The van der Waals surface area contributed by atoms with Gasteiger partial charge in [0, 0.05) is 142 Å². The highest BCUT2D eigenvalue weighted by atomic mass is 32.2. The van der Waals surface area contributed by atoms with Gasteiger partial charge in [0.15, 0.2) is 0 Å². The van der Waals surface area contributed by atoms with Crippen LogP contribution >= 0.6 is 0 Å². The Morgan fingerprint density at radius 3 is 1.57 bits per heavy atom. The average Bonchev–Trinajstić information content (AvgIpc) is 4.08.